The number of benzene rings is 5. The summed E-state index contributed by atoms with van der Waals surface area (Å²) in [7, 11) is 0. The van der Waals surface area contributed by atoms with E-state index in [0.717, 1.165) is 42.5 Å². The maximum absolute atomic E-state index is 13.7. The highest BCUT2D eigenvalue weighted by atomic mass is 16.6. The van der Waals surface area contributed by atoms with E-state index in [1.54, 1.807) is 0 Å². The van der Waals surface area contributed by atoms with Gasteiger partial charge in [-0.2, -0.15) is 0 Å². The second-order valence-corrected chi connectivity index (χ2v) is 12.6. The summed E-state index contributed by atoms with van der Waals surface area (Å²) in [5.41, 5.74) is -0.810. The molecule has 5 aromatic carbocycles. The average Bonchev–Trinajstić information content (AvgIpc) is 3.10. The summed E-state index contributed by atoms with van der Waals surface area (Å²) in [5, 5.41) is 127. The molecule has 0 aromatic heterocycles. The maximum Gasteiger partial charge on any atom is 0.338 e. The van der Waals surface area contributed by atoms with Gasteiger partial charge in [0, 0.05) is 46.9 Å². The molecule has 2 aliphatic rings. The number of phenolic OH excluding ortho intramolecular Hbond substituents is 11. The van der Waals surface area contributed by atoms with Crippen LogP contribution in [0.25, 0.3) is 0 Å². The predicted octanol–water partition coefficient (Wildman–Crippen LogP) is 3.98. The molecular weight excluding hydrogens is 700 g/mol. The van der Waals surface area contributed by atoms with Crippen molar-refractivity contribution in [3.05, 3.63) is 100 Å². The van der Waals surface area contributed by atoms with Gasteiger partial charge in [-0.1, -0.05) is 12.1 Å². The zero-order valence-electron chi connectivity index (χ0n) is 26.9. The largest absolute Gasteiger partial charge is 0.508 e. The summed E-state index contributed by atoms with van der Waals surface area (Å²) in [6, 6.07) is 11.9. The highest BCUT2D eigenvalue weighted by Gasteiger charge is 2.48. The van der Waals surface area contributed by atoms with Crippen molar-refractivity contribution in [2.75, 3.05) is 0 Å². The Morgan fingerprint density at radius 1 is 0.566 bits per heavy atom. The first-order chi connectivity index (χ1) is 25.1. The van der Waals surface area contributed by atoms with E-state index < -0.39 is 105 Å². The van der Waals surface area contributed by atoms with Crippen LogP contribution in [-0.2, 0) is 11.2 Å². The van der Waals surface area contributed by atoms with Crippen LogP contribution in [0.5, 0.6) is 74.7 Å². The van der Waals surface area contributed by atoms with Crippen LogP contribution >= 0.6 is 0 Å². The molecular formula is C37H30O16. The number of fused-ring (bicyclic) bond motifs is 2. The Morgan fingerprint density at radius 3 is 1.74 bits per heavy atom. The van der Waals surface area contributed by atoms with Gasteiger partial charge in [-0.25, -0.2) is 4.79 Å². The molecule has 0 saturated heterocycles. The summed E-state index contributed by atoms with van der Waals surface area (Å²) >= 11 is 0. The molecule has 5 atom stereocenters. The van der Waals surface area contributed by atoms with Crippen LogP contribution in [0.15, 0.2) is 66.7 Å². The van der Waals surface area contributed by atoms with Crippen molar-refractivity contribution in [2.24, 2.45) is 0 Å². The van der Waals surface area contributed by atoms with E-state index in [1.165, 1.54) is 24.3 Å². The first kappa shape index (κ1) is 34.4. The Balaban J connectivity index is 1.41. The van der Waals surface area contributed by atoms with E-state index in [9.17, 15) is 66.1 Å². The van der Waals surface area contributed by atoms with Gasteiger partial charge in [0.25, 0.3) is 0 Å². The molecule has 0 aliphatic carbocycles. The normalized spacial score (nSPS) is 20.4. The summed E-state index contributed by atoms with van der Waals surface area (Å²) in [6.07, 6.45) is -6.04. The molecule has 0 unspecified atom stereocenters. The lowest BCUT2D eigenvalue weighted by atomic mass is 9.77. The van der Waals surface area contributed by atoms with Gasteiger partial charge in [0.1, 0.15) is 40.6 Å². The van der Waals surface area contributed by atoms with Gasteiger partial charge in [0.2, 0.25) is 0 Å². The second kappa shape index (κ2) is 12.6. The number of esters is 1. The van der Waals surface area contributed by atoms with Crippen molar-refractivity contribution in [1.82, 2.24) is 0 Å². The molecule has 0 saturated carbocycles. The molecule has 274 valence electrons. The van der Waals surface area contributed by atoms with Crippen LogP contribution in [0.3, 0.4) is 0 Å². The fourth-order valence-electron chi connectivity index (χ4n) is 6.72. The van der Waals surface area contributed by atoms with Crippen LogP contribution in [-0.4, -0.2) is 79.5 Å². The molecule has 0 amide bonds. The van der Waals surface area contributed by atoms with E-state index in [0.29, 0.717) is 0 Å². The first-order valence-electron chi connectivity index (χ1n) is 15.8. The minimum atomic E-state index is -1.73. The van der Waals surface area contributed by atoms with Crippen molar-refractivity contribution >= 4 is 5.97 Å². The van der Waals surface area contributed by atoms with E-state index >= 15 is 0 Å². The number of carbonyl (C=O) groups is 1. The number of aliphatic hydroxyl groups excluding tert-OH is 1. The molecule has 0 fully saturated rings. The van der Waals surface area contributed by atoms with Crippen molar-refractivity contribution in [2.45, 2.75) is 36.8 Å². The second-order valence-electron chi connectivity index (χ2n) is 12.6. The number of aliphatic hydroxyl groups is 1. The minimum absolute atomic E-state index is 0.0341. The molecule has 2 heterocycles. The highest BCUT2D eigenvalue weighted by Crippen LogP contribution is 2.57. The molecule has 2 aliphatic heterocycles. The van der Waals surface area contributed by atoms with Gasteiger partial charge >= 0.3 is 5.97 Å². The number of rotatable bonds is 5. The third-order valence-corrected chi connectivity index (χ3v) is 9.21. The molecule has 16 heteroatoms. The fourth-order valence-corrected chi connectivity index (χ4v) is 6.72. The molecule has 53 heavy (non-hydrogen) atoms. The van der Waals surface area contributed by atoms with Gasteiger partial charge in [-0.15, -0.1) is 0 Å². The Bertz CT molecular complexity index is 2280. The molecule has 16 nitrogen and oxygen atoms in total. The summed E-state index contributed by atoms with van der Waals surface area (Å²) in [4.78, 5) is 13.7. The quantitative estimate of drug-likeness (QED) is 0.0899. The average molecular weight is 731 g/mol. The smallest absolute Gasteiger partial charge is 0.338 e. The molecule has 7 rings (SSSR count). The van der Waals surface area contributed by atoms with Crippen LogP contribution in [0.2, 0.25) is 0 Å². The first-order valence-corrected chi connectivity index (χ1v) is 15.8. The number of carbonyl (C=O) groups excluding carboxylic acids is 1. The summed E-state index contributed by atoms with van der Waals surface area (Å²) in [5.74, 6) is -10.4. The summed E-state index contributed by atoms with van der Waals surface area (Å²) in [6.45, 7) is 0. The van der Waals surface area contributed by atoms with Crippen molar-refractivity contribution in [3.63, 3.8) is 0 Å². The number of phenols is 11. The Hall–Kier alpha value is -7.07. The van der Waals surface area contributed by atoms with Crippen LogP contribution in [0.1, 0.15) is 56.3 Å². The lowest BCUT2D eigenvalue weighted by molar-refractivity contribution is -0.0275. The topological polar surface area (TPSA) is 288 Å². The lowest BCUT2D eigenvalue weighted by Crippen LogP contribution is -2.39. The van der Waals surface area contributed by atoms with Gasteiger partial charge in [0.15, 0.2) is 52.5 Å². The molecule has 0 radical (unpaired) electrons. The SMILES string of the molecule is O=C(O[C@H]1[C@@H](c2c(O)cc3c(c2O)C[C@@H](O)[C@H](c2ccc(O)c(O)c2)O3)c2c(O)cc(O)cc2O[C@@H]1c1ccc(O)c(O)c1)c1cc(O)c(O)c(O)c1. The third-order valence-electron chi connectivity index (χ3n) is 9.21. The summed E-state index contributed by atoms with van der Waals surface area (Å²) < 4.78 is 18.0. The Morgan fingerprint density at radius 2 is 1.13 bits per heavy atom. The highest BCUT2D eigenvalue weighted by molar-refractivity contribution is 5.91. The zero-order valence-corrected chi connectivity index (χ0v) is 26.9. The lowest BCUT2D eigenvalue weighted by Gasteiger charge is -2.40. The molecule has 0 bridgehead atoms. The van der Waals surface area contributed by atoms with Crippen LogP contribution in [0.4, 0.5) is 0 Å². The van der Waals surface area contributed by atoms with E-state index in [4.69, 9.17) is 14.2 Å². The standard InChI is InChI=1S/C37H30O16/c38-16-9-22(43)29-28(10-16)52-35(14-2-4-19(40)21(42)6-14)36(53-37(50)15-7-24(45)33(49)25(46)8-15)31(29)30-23(44)12-27-17(32(30)48)11-26(47)34(51-27)13-1-3-18(39)20(41)5-13/h1-10,12,26,31,34-36,38-49H,11H2/t26-,31-,34+,35-,36+/m1/s1. The van der Waals surface area contributed by atoms with Crippen molar-refractivity contribution < 1.29 is 80.3 Å². The zero-order chi connectivity index (χ0) is 38.0. The van der Waals surface area contributed by atoms with Crippen LogP contribution < -0.4 is 9.47 Å². The number of hydrogen-bond acceptors (Lipinski definition) is 16. The van der Waals surface area contributed by atoms with Crippen LogP contribution in [0, 0.1) is 0 Å². The number of aromatic hydroxyl groups is 11. The minimum Gasteiger partial charge on any atom is -0.508 e. The molecule has 5 aromatic rings. The maximum atomic E-state index is 13.7. The molecule has 0 spiro atoms. The third kappa shape index (κ3) is 5.85. The van der Waals surface area contributed by atoms with E-state index in [-0.39, 0.29) is 45.7 Å². The van der Waals surface area contributed by atoms with E-state index in [1.807, 2.05) is 0 Å². The van der Waals surface area contributed by atoms with Gasteiger partial charge < -0.3 is 75.5 Å². The fraction of sp³-hybridized carbons (Fsp3) is 0.162. The van der Waals surface area contributed by atoms with E-state index in [2.05, 4.69) is 0 Å². The van der Waals surface area contributed by atoms with Crippen molar-refractivity contribution in [3.8, 4) is 74.7 Å². The van der Waals surface area contributed by atoms with Gasteiger partial charge in [0.05, 0.1) is 17.6 Å². The number of ether oxygens (including phenoxy) is 3. The monoisotopic (exact) mass is 730 g/mol. The number of hydrogen-bond donors (Lipinski definition) is 12. The van der Waals surface area contributed by atoms with Gasteiger partial charge in [-0.3, -0.25) is 0 Å². The van der Waals surface area contributed by atoms with Gasteiger partial charge in [-0.05, 0) is 42.0 Å². The molecule has 12 N–H and O–H groups in total. The predicted molar refractivity (Wildman–Crippen MR) is 178 cm³/mol. The van der Waals surface area contributed by atoms with Crippen molar-refractivity contribution in [1.29, 1.82) is 0 Å². The Kier molecular flexibility index (Phi) is 8.18. The Labute approximate surface area is 297 Å².